The fourth-order valence-electron chi connectivity index (χ4n) is 2.98. The Morgan fingerprint density at radius 3 is 2.85 bits per heavy atom. The largest absolute Gasteiger partial charge is 0.409 e. The number of rotatable bonds is 2. The van der Waals surface area contributed by atoms with Gasteiger partial charge in [-0.05, 0) is 45.2 Å². The van der Waals surface area contributed by atoms with Crippen LogP contribution in [-0.2, 0) is 0 Å². The standard InChI is InChI=1S/C15H24N4O/c1-10-9-11(2)17-15(13(10)14(16)18-20)19-8-6-4-5-7-12(19)3/h9,12,20H,4-8H2,1-3H3,(H2,16,18). The van der Waals surface area contributed by atoms with Gasteiger partial charge in [0.25, 0.3) is 0 Å². The number of pyridine rings is 1. The van der Waals surface area contributed by atoms with Crippen LogP contribution in [0.15, 0.2) is 11.2 Å². The summed E-state index contributed by atoms with van der Waals surface area (Å²) >= 11 is 0. The van der Waals surface area contributed by atoms with Gasteiger partial charge in [0.05, 0.1) is 5.56 Å². The molecule has 0 bridgehead atoms. The smallest absolute Gasteiger partial charge is 0.174 e. The lowest BCUT2D eigenvalue weighted by Crippen LogP contribution is -2.35. The number of amidine groups is 1. The van der Waals surface area contributed by atoms with Gasteiger partial charge in [0.2, 0.25) is 0 Å². The molecule has 20 heavy (non-hydrogen) atoms. The highest BCUT2D eigenvalue weighted by atomic mass is 16.4. The van der Waals surface area contributed by atoms with Gasteiger partial charge in [0.1, 0.15) is 5.82 Å². The number of aromatic nitrogens is 1. The van der Waals surface area contributed by atoms with Gasteiger partial charge in [0.15, 0.2) is 5.84 Å². The second-order valence-corrected chi connectivity index (χ2v) is 5.66. The minimum atomic E-state index is 0.140. The van der Waals surface area contributed by atoms with Crippen molar-refractivity contribution in [2.45, 2.75) is 52.5 Å². The number of hydrogen-bond acceptors (Lipinski definition) is 4. The number of nitrogens with zero attached hydrogens (tertiary/aromatic N) is 3. The van der Waals surface area contributed by atoms with Crippen molar-refractivity contribution in [3.05, 3.63) is 22.9 Å². The Hall–Kier alpha value is -1.78. The van der Waals surface area contributed by atoms with E-state index in [2.05, 4.69) is 22.0 Å². The molecule has 0 spiro atoms. The molecule has 0 radical (unpaired) electrons. The number of nitrogens with two attached hydrogens (primary N) is 1. The van der Waals surface area contributed by atoms with Crippen molar-refractivity contribution < 1.29 is 5.21 Å². The van der Waals surface area contributed by atoms with E-state index in [1.165, 1.54) is 12.8 Å². The third kappa shape index (κ3) is 2.86. The van der Waals surface area contributed by atoms with E-state index in [9.17, 15) is 0 Å². The van der Waals surface area contributed by atoms with Crippen LogP contribution >= 0.6 is 0 Å². The van der Waals surface area contributed by atoms with Crippen LogP contribution in [0.1, 0.15) is 49.4 Å². The molecule has 1 saturated heterocycles. The molecule has 1 aromatic rings. The molecule has 0 saturated carbocycles. The number of oxime groups is 1. The molecule has 0 aromatic carbocycles. The number of aryl methyl sites for hydroxylation is 2. The van der Waals surface area contributed by atoms with Gasteiger partial charge in [-0.3, -0.25) is 0 Å². The molecule has 110 valence electrons. The normalized spacial score (nSPS) is 20.9. The highest BCUT2D eigenvalue weighted by molar-refractivity contribution is 6.02. The van der Waals surface area contributed by atoms with Crippen molar-refractivity contribution in [3.63, 3.8) is 0 Å². The molecule has 1 unspecified atom stereocenters. The second kappa shape index (κ2) is 6.11. The quantitative estimate of drug-likeness (QED) is 0.377. The van der Waals surface area contributed by atoms with E-state index in [1.807, 2.05) is 19.9 Å². The van der Waals surface area contributed by atoms with Gasteiger partial charge in [-0.25, -0.2) is 4.98 Å². The first-order chi connectivity index (χ1) is 9.54. The van der Waals surface area contributed by atoms with Gasteiger partial charge >= 0.3 is 0 Å². The fraction of sp³-hybridized carbons (Fsp3) is 0.600. The minimum Gasteiger partial charge on any atom is -0.409 e. The van der Waals surface area contributed by atoms with E-state index in [4.69, 9.17) is 10.9 Å². The van der Waals surface area contributed by atoms with Crippen LogP contribution < -0.4 is 10.6 Å². The molecule has 1 atom stereocenters. The lowest BCUT2D eigenvalue weighted by atomic mass is 10.1. The van der Waals surface area contributed by atoms with Gasteiger partial charge in [0, 0.05) is 18.3 Å². The molecule has 0 amide bonds. The molecular weight excluding hydrogens is 252 g/mol. The molecule has 1 aliphatic rings. The summed E-state index contributed by atoms with van der Waals surface area (Å²) in [5, 5.41) is 12.2. The summed E-state index contributed by atoms with van der Waals surface area (Å²) in [5.41, 5.74) is 8.59. The SMILES string of the molecule is Cc1cc(C)c(C(N)=NO)c(N2CCCCCC2C)n1. The predicted molar refractivity (Wildman–Crippen MR) is 81.5 cm³/mol. The van der Waals surface area contributed by atoms with Crippen LogP contribution in [0.4, 0.5) is 5.82 Å². The Bertz CT molecular complexity index is 513. The Morgan fingerprint density at radius 1 is 1.40 bits per heavy atom. The Morgan fingerprint density at radius 2 is 2.15 bits per heavy atom. The Labute approximate surface area is 120 Å². The highest BCUT2D eigenvalue weighted by Crippen LogP contribution is 2.28. The van der Waals surface area contributed by atoms with Crippen LogP contribution in [0.3, 0.4) is 0 Å². The summed E-state index contributed by atoms with van der Waals surface area (Å²) in [7, 11) is 0. The lowest BCUT2D eigenvalue weighted by Gasteiger charge is -2.30. The maximum absolute atomic E-state index is 9.04. The maximum Gasteiger partial charge on any atom is 0.174 e. The summed E-state index contributed by atoms with van der Waals surface area (Å²) in [6, 6.07) is 2.40. The summed E-state index contributed by atoms with van der Waals surface area (Å²) in [6.07, 6.45) is 4.82. The lowest BCUT2D eigenvalue weighted by molar-refractivity contribution is 0.318. The van der Waals surface area contributed by atoms with Crippen molar-refractivity contribution in [2.75, 3.05) is 11.4 Å². The average Bonchev–Trinajstić information content (AvgIpc) is 2.61. The second-order valence-electron chi connectivity index (χ2n) is 5.66. The molecular formula is C15H24N4O. The summed E-state index contributed by atoms with van der Waals surface area (Å²) in [6.45, 7) is 7.16. The fourth-order valence-corrected chi connectivity index (χ4v) is 2.98. The zero-order chi connectivity index (χ0) is 14.7. The molecule has 0 aliphatic carbocycles. The summed E-state index contributed by atoms with van der Waals surface area (Å²) < 4.78 is 0. The summed E-state index contributed by atoms with van der Waals surface area (Å²) in [4.78, 5) is 6.98. The van der Waals surface area contributed by atoms with Crippen molar-refractivity contribution in [2.24, 2.45) is 10.9 Å². The van der Waals surface area contributed by atoms with Gasteiger partial charge in [-0.2, -0.15) is 0 Å². The van der Waals surface area contributed by atoms with Crippen LogP contribution in [0, 0.1) is 13.8 Å². The van der Waals surface area contributed by atoms with Gasteiger partial charge in [-0.1, -0.05) is 18.0 Å². The van der Waals surface area contributed by atoms with Crippen LogP contribution in [-0.4, -0.2) is 28.6 Å². The molecule has 1 aromatic heterocycles. The zero-order valence-electron chi connectivity index (χ0n) is 12.6. The highest BCUT2D eigenvalue weighted by Gasteiger charge is 2.24. The Balaban J connectivity index is 2.53. The first-order valence-corrected chi connectivity index (χ1v) is 7.27. The third-order valence-electron chi connectivity index (χ3n) is 4.01. The molecule has 2 heterocycles. The van der Waals surface area contributed by atoms with Crippen molar-refractivity contribution in [3.8, 4) is 0 Å². The molecule has 1 aliphatic heterocycles. The number of hydrogen-bond donors (Lipinski definition) is 2. The Kier molecular flexibility index (Phi) is 4.47. The monoisotopic (exact) mass is 276 g/mol. The van der Waals surface area contributed by atoms with E-state index in [-0.39, 0.29) is 5.84 Å². The van der Waals surface area contributed by atoms with E-state index in [1.54, 1.807) is 0 Å². The molecule has 3 N–H and O–H groups in total. The van der Waals surface area contributed by atoms with Crippen molar-refractivity contribution in [1.82, 2.24) is 4.98 Å². The predicted octanol–water partition coefficient (Wildman–Crippen LogP) is 2.56. The third-order valence-corrected chi connectivity index (χ3v) is 4.01. The van der Waals surface area contributed by atoms with E-state index < -0.39 is 0 Å². The summed E-state index contributed by atoms with van der Waals surface area (Å²) in [5.74, 6) is 0.994. The molecule has 5 nitrogen and oxygen atoms in total. The maximum atomic E-state index is 9.04. The van der Waals surface area contributed by atoms with Crippen molar-refractivity contribution in [1.29, 1.82) is 0 Å². The van der Waals surface area contributed by atoms with E-state index in [0.717, 1.165) is 42.0 Å². The van der Waals surface area contributed by atoms with Crippen LogP contribution in [0.2, 0.25) is 0 Å². The van der Waals surface area contributed by atoms with E-state index in [0.29, 0.717) is 6.04 Å². The average molecular weight is 276 g/mol. The molecule has 1 fully saturated rings. The zero-order valence-corrected chi connectivity index (χ0v) is 12.6. The van der Waals surface area contributed by atoms with Crippen LogP contribution in [0.5, 0.6) is 0 Å². The first kappa shape index (κ1) is 14.6. The van der Waals surface area contributed by atoms with Gasteiger partial charge in [-0.15, -0.1) is 0 Å². The molecule has 5 heteroatoms. The van der Waals surface area contributed by atoms with E-state index >= 15 is 0 Å². The van der Waals surface area contributed by atoms with Crippen LogP contribution in [0.25, 0.3) is 0 Å². The molecule has 2 rings (SSSR count). The first-order valence-electron chi connectivity index (χ1n) is 7.27. The number of anilines is 1. The minimum absolute atomic E-state index is 0.140. The topological polar surface area (TPSA) is 74.7 Å². The van der Waals surface area contributed by atoms with Crippen molar-refractivity contribution >= 4 is 11.7 Å². The van der Waals surface area contributed by atoms with Gasteiger partial charge < -0.3 is 15.8 Å².